The Morgan fingerprint density at radius 2 is 2.26 bits per heavy atom. The predicted molar refractivity (Wildman–Crippen MR) is 72.1 cm³/mol. The fraction of sp³-hybridized carbons (Fsp3) is 0.500. The van der Waals surface area contributed by atoms with Crippen molar-refractivity contribution in [2.75, 3.05) is 5.32 Å². The fourth-order valence-electron chi connectivity index (χ4n) is 2.80. The lowest BCUT2D eigenvalue weighted by atomic mass is 9.81. The van der Waals surface area contributed by atoms with Gasteiger partial charge in [-0.1, -0.05) is 0 Å². The number of nitrogens with one attached hydrogen (secondary N) is 2. The zero-order chi connectivity index (χ0) is 14.2. The van der Waals surface area contributed by atoms with Gasteiger partial charge in [-0.2, -0.15) is 0 Å². The van der Waals surface area contributed by atoms with Gasteiger partial charge in [0.2, 0.25) is 0 Å². The summed E-state index contributed by atoms with van der Waals surface area (Å²) in [6, 6.07) is 4.53. The molecule has 0 saturated heterocycles. The summed E-state index contributed by atoms with van der Waals surface area (Å²) >= 11 is 0. The first-order chi connectivity index (χ1) is 8.79. The first kappa shape index (κ1) is 13.6. The van der Waals surface area contributed by atoms with Crippen molar-refractivity contribution in [3.63, 3.8) is 0 Å². The summed E-state index contributed by atoms with van der Waals surface area (Å²) in [6.45, 7) is 5.91. The number of fused-ring (bicyclic) bond motifs is 1. The third kappa shape index (κ3) is 2.80. The lowest BCUT2D eigenvalue weighted by molar-refractivity contribution is 0.189. The Hall–Kier alpha value is -1.78. The molecular weight excluding hydrogens is 247 g/mol. The van der Waals surface area contributed by atoms with E-state index in [-0.39, 0.29) is 23.3 Å². The molecule has 1 aliphatic rings. The molecule has 0 aromatic heterocycles. The molecule has 1 aromatic carbocycles. The Balaban J connectivity index is 2.24. The number of halogens is 1. The second-order valence-corrected chi connectivity index (χ2v) is 5.72. The minimum Gasteiger partial charge on any atom is -0.465 e. The van der Waals surface area contributed by atoms with Gasteiger partial charge in [-0.05, 0) is 51.0 Å². The van der Waals surface area contributed by atoms with Gasteiger partial charge in [0.05, 0.1) is 0 Å². The van der Waals surface area contributed by atoms with E-state index in [0.717, 1.165) is 11.3 Å². The SMILES string of the molecule is CC(CC1c2cc(F)ccc2NC1(C)C)NC(=O)O. The molecule has 1 aliphatic heterocycles. The van der Waals surface area contributed by atoms with Crippen molar-refractivity contribution in [2.45, 2.75) is 44.7 Å². The van der Waals surface area contributed by atoms with Crippen molar-refractivity contribution in [1.82, 2.24) is 5.32 Å². The number of hydrogen-bond acceptors (Lipinski definition) is 2. The molecule has 4 nitrogen and oxygen atoms in total. The summed E-state index contributed by atoms with van der Waals surface area (Å²) in [6.07, 6.45) is -0.404. The predicted octanol–water partition coefficient (Wildman–Crippen LogP) is 3.16. The molecule has 0 bridgehead atoms. The lowest BCUT2D eigenvalue weighted by Crippen LogP contribution is -2.38. The van der Waals surface area contributed by atoms with E-state index >= 15 is 0 Å². The van der Waals surface area contributed by atoms with E-state index in [1.54, 1.807) is 6.07 Å². The summed E-state index contributed by atoms with van der Waals surface area (Å²) in [5.41, 5.74) is 1.63. The monoisotopic (exact) mass is 266 g/mol. The van der Waals surface area contributed by atoms with Crippen molar-refractivity contribution in [3.05, 3.63) is 29.6 Å². The summed E-state index contributed by atoms with van der Waals surface area (Å²) in [5, 5.41) is 14.6. The van der Waals surface area contributed by atoms with E-state index in [0.29, 0.717) is 6.42 Å². The smallest absolute Gasteiger partial charge is 0.404 e. The van der Waals surface area contributed by atoms with Gasteiger partial charge in [-0.25, -0.2) is 9.18 Å². The Labute approximate surface area is 112 Å². The maximum absolute atomic E-state index is 13.4. The average Bonchev–Trinajstić information content (AvgIpc) is 2.50. The first-order valence-corrected chi connectivity index (χ1v) is 6.36. The van der Waals surface area contributed by atoms with Crippen LogP contribution in [0.4, 0.5) is 14.9 Å². The molecule has 19 heavy (non-hydrogen) atoms. The molecular formula is C14H19FN2O2. The van der Waals surface area contributed by atoms with Gasteiger partial charge in [0.1, 0.15) is 5.82 Å². The molecule has 1 heterocycles. The number of rotatable bonds is 3. The van der Waals surface area contributed by atoms with Crippen LogP contribution in [-0.4, -0.2) is 22.8 Å². The highest BCUT2D eigenvalue weighted by Gasteiger charge is 2.39. The van der Waals surface area contributed by atoms with Crippen LogP contribution in [-0.2, 0) is 0 Å². The number of anilines is 1. The third-order valence-corrected chi connectivity index (χ3v) is 3.68. The molecule has 0 fully saturated rings. The molecule has 2 unspecified atom stereocenters. The van der Waals surface area contributed by atoms with E-state index < -0.39 is 6.09 Å². The highest BCUT2D eigenvalue weighted by molar-refractivity contribution is 5.65. The number of benzene rings is 1. The fourth-order valence-corrected chi connectivity index (χ4v) is 2.80. The number of amides is 1. The summed E-state index contributed by atoms with van der Waals surface area (Å²) < 4.78 is 13.4. The Bertz CT molecular complexity index is 502. The molecule has 0 radical (unpaired) electrons. The normalized spacial score (nSPS) is 21.4. The molecule has 2 atom stereocenters. The third-order valence-electron chi connectivity index (χ3n) is 3.68. The second kappa shape index (κ2) is 4.72. The van der Waals surface area contributed by atoms with Crippen LogP contribution in [0.25, 0.3) is 0 Å². The van der Waals surface area contributed by atoms with Crippen molar-refractivity contribution in [1.29, 1.82) is 0 Å². The standard InChI is InChI=1S/C14H19FN2O2/c1-8(16-13(18)19)6-11-10-7-9(15)4-5-12(10)17-14(11,2)3/h4-5,7-8,11,16-17H,6H2,1-3H3,(H,18,19). The zero-order valence-electron chi connectivity index (χ0n) is 11.3. The molecule has 3 N–H and O–H groups in total. The van der Waals surface area contributed by atoms with Gasteiger partial charge in [-0.3, -0.25) is 0 Å². The van der Waals surface area contributed by atoms with Gasteiger partial charge >= 0.3 is 6.09 Å². The Morgan fingerprint density at radius 1 is 1.58 bits per heavy atom. The summed E-state index contributed by atoms with van der Waals surface area (Å²) in [5.74, 6) is -0.192. The second-order valence-electron chi connectivity index (χ2n) is 5.72. The van der Waals surface area contributed by atoms with Gasteiger partial charge in [0, 0.05) is 23.2 Å². The molecule has 0 spiro atoms. The van der Waals surface area contributed by atoms with Crippen LogP contribution in [0.15, 0.2) is 18.2 Å². The van der Waals surface area contributed by atoms with Crippen LogP contribution in [0.2, 0.25) is 0 Å². The van der Waals surface area contributed by atoms with Gasteiger partial charge in [0.25, 0.3) is 0 Å². The quantitative estimate of drug-likeness (QED) is 0.787. The number of hydrogen-bond donors (Lipinski definition) is 3. The highest BCUT2D eigenvalue weighted by Crippen LogP contribution is 2.45. The van der Waals surface area contributed by atoms with Crippen molar-refractivity contribution in [3.8, 4) is 0 Å². The Morgan fingerprint density at radius 3 is 2.89 bits per heavy atom. The van der Waals surface area contributed by atoms with Crippen LogP contribution in [0, 0.1) is 5.82 Å². The molecule has 0 saturated carbocycles. The van der Waals surface area contributed by atoms with Crippen LogP contribution < -0.4 is 10.6 Å². The molecule has 1 aromatic rings. The van der Waals surface area contributed by atoms with Gasteiger partial charge in [0.15, 0.2) is 0 Å². The Kier molecular flexibility index (Phi) is 3.39. The van der Waals surface area contributed by atoms with Crippen LogP contribution in [0.3, 0.4) is 0 Å². The maximum Gasteiger partial charge on any atom is 0.404 e. The molecule has 2 rings (SSSR count). The summed E-state index contributed by atoms with van der Waals surface area (Å²) in [7, 11) is 0. The van der Waals surface area contributed by atoms with Crippen molar-refractivity contribution < 1.29 is 14.3 Å². The number of carboxylic acid groups (broad SMARTS) is 1. The van der Waals surface area contributed by atoms with Crippen LogP contribution >= 0.6 is 0 Å². The van der Waals surface area contributed by atoms with Gasteiger partial charge in [-0.15, -0.1) is 0 Å². The minimum absolute atomic E-state index is 0.0695. The summed E-state index contributed by atoms with van der Waals surface area (Å²) in [4.78, 5) is 10.7. The molecule has 0 aliphatic carbocycles. The topological polar surface area (TPSA) is 61.4 Å². The van der Waals surface area contributed by atoms with E-state index in [4.69, 9.17) is 5.11 Å². The van der Waals surface area contributed by atoms with Crippen LogP contribution in [0.5, 0.6) is 0 Å². The largest absolute Gasteiger partial charge is 0.465 e. The van der Waals surface area contributed by atoms with E-state index in [1.807, 2.05) is 20.8 Å². The van der Waals surface area contributed by atoms with E-state index in [2.05, 4.69) is 10.6 Å². The number of carbonyl (C=O) groups is 1. The average molecular weight is 266 g/mol. The van der Waals surface area contributed by atoms with E-state index in [1.165, 1.54) is 12.1 Å². The van der Waals surface area contributed by atoms with Gasteiger partial charge < -0.3 is 15.7 Å². The van der Waals surface area contributed by atoms with E-state index in [9.17, 15) is 9.18 Å². The minimum atomic E-state index is -1.03. The lowest BCUT2D eigenvalue weighted by Gasteiger charge is -2.30. The first-order valence-electron chi connectivity index (χ1n) is 6.36. The van der Waals surface area contributed by atoms with Crippen molar-refractivity contribution >= 4 is 11.8 Å². The van der Waals surface area contributed by atoms with Crippen molar-refractivity contribution in [2.24, 2.45) is 0 Å². The molecule has 1 amide bonds. The molecule has 104 valence electrons. The highest BCUT2D eigenvalue weighted by atomic mass is 19.1. The maximum atomic E-state index is 13.4. The van der Waals surface area contributed by atoms with Crippen LogP contribution in [0.1, 0.15) is 38.7 Å². The zero-order valence-corrected chi connectivity index (χ0v) is 11.3. The molecule has 5 heteroatoms.